The van der Waals surface area contributed by atoms with Crippen LogP contribution in [-0.2, 0) is 30.9 Å². The molecule has 10 nitrogen and oxygen atoms in total. The van der Waals surface area contributed by atoms with E-state index in [1.54, 1.807) is 36.4 Å². The quantitative estimate of drug-likeness (QED) is 0.378. The number of methoxy groups -OCH3 is 1. The minimum Gasteiger partial charge on any atom is -0.467 e. The molecule has 1 saturated heterocycles. The first-order chi connectivity index (χ1) is 17.2. The Morgan fingerprint density at radius 2 is 2.03 bits per heavy atom. The number of ether oxygens (including phenoxy) is 1. The SMILES string of the molecule is COC(=O)[C@@H]1CN(S(=O)(=O)c2cc3ccc(Cl)cc3s2)CC(=O)N1Cc1ccc2c(N)ncnc2c1. The highest BCUT2D eigenvalue weighted by molar-refractivity contribution is 7.91. The lowest BCUT2D eigenvalue weighted by Crippen LogP contribution is -2.60. The number of carbonyl (C=O) groups is 2. The predicted octanol–water partition coefficient (Wildman–Crippen LogP) is 2.65. The summed E-state index contributed by atoms with van der Waals surface area (Å²) in [6.07, 6.45) is 1.34. The van der Waals surface area contributed by atoms with Crippen molar-refractivity contribution in [3.8, 4) is 0 Å². The standard InChI is InChI=1S/C23H20ClN5O5S2/c1-34-23(31)18-10-28(36(32,33)21-7-14-3-4-15(24)8-19(14)35-21)11-20(30)29(18)9-13-2-5-16-17(6-13)26-12-27-22(16)25/h2-8,12,18H,9-11H2,1H3,(H2,25,26,27)/t18-/m0/s1. The van der Waals surface area contributed by atoms with E-state index in [0.29, 0.717) is 32.0 Å². The average molecular weight is 546 g/mol. The number of benzene rings is 2. The summed E-state index contributed by atoms with van der Waals surface area (Å²) in [6, 6.07) is 10.8. The van der Waals surface area contributed by atoms with Crippen LogP contribution < -0.4 is 5.73 Å². The van der Waals surface area contributed by atoms with Gasteiger partial charge in [-0.15, -0.1) is 11.3 Å². The summed E-state index contributed by atoms with van der Waals surface area (Å²) in [5.41, 5.74) is 7.17. The maximum absolute atomic E-state index is 13.4. The van der Waals surface area contributed by atoms with Gasteiger partial charge in [0.05, 0.1) is 19.2 Å². The highest BCUT2D eigenvalue weighted by Crippen LogP contribution is 2.34. The molecule has 1 fully saturated rings. The van der Waals surface area contributed by atoms with E-state index in [9.17, 15) is 18.0 Å². The second-order valence-electron chi connectivity index (χ2n) is 8.22. The van der Waals surface area contributed by atoms with Crippen LogP contribution >= 0.6 is 22.9 Å². The Bertz CT molecular complexity index is 1620. The van der Waals surface area contributed by atoms with Crippen molar-refractivity contribution >= 4 is 71.6 Å². The molecule has 0 unspecified atom stereocenters. The number of amides is 1. The molecule has 1 atom stereocenters. The number of thiophene rings is 1. The van der Waals surface area contributed by atoms with Gasteiger partial charge in [0.2, 0.25) is 5.91 Å². The number of anilines is 1. The molecule has 0 saturated carbocycles. The number of nitrogens with two attached hydrogens (primary N) is 1. The number of nitrogen functional groups attached to an aromatic ring is 1. The Kier molecular flexibility index (Phi) is 6.29. The number of aromatic nitrogens is 2. The molecule has 0 bridgehead atoms. The number of carbonyl (C=O) groups excluding carboxylic acids is 2. The smallest absolute Gasteiger partial charge is 0.329 e. The summed E-state index contributed by atoms with van der Waals surface area (Å²) in [5.74, 6) is -0.900. The summed E-state index contributed by atoms with van der Waals surface area (Å²) in [6.45, 7) is -0.584. The number of sulfonamides is 1. The second-order valence-corrected chi connectivity index (χ2v) is 11.9. The fourth-order valence-corrected chi connectivity index (χ4v) is 7.37. The van der Waals surface area contributed by atoms with Crippen LogP contribution in [0.15, 0.2) is 53.0 Å². The molecule has 1 aliphatic rings. The average Bonchev–Trinajstić information content (AvgIpc) is 3.29. The van der Waals surface area contributed by atoms with E-state index in [4.69, 9.17) is 22.1 Å². The molecule has 36 heavy (non-hydrogen) atoms. The maximum Gasteiger partial charge on any atom is 0.329 e. The van der Waals surface area contributed by atoms with Crippen LogP contribution in [0.25, 0.3) is 21.0 Å². The molecular formula is C23H20ClN5O5S2. The van der Waals surface area contributed by atoms with Gasteiger partial charge in [0.1, 0.15) is 22.4 Å². The molecule has 1 amide bonds. The van der Waals surface area contributed by atoms with E-state index in [1.807, 2.05) is 0 Å². The number of halogens is 1. The predicted molar refractivity (Wildman–Crippen MR) is 136 cm³/mol. The first kappa shape index (κ1) is 24.4. The molecule has 3 heterocycles. The Balaban J connectivity index is 1.44. The van der Waals surface area contributed by atoms with Crippen molar-refractivity contribution in [3.05, 3.63) is 59.4 Å². The van der Waals surface area contributed by atoms with Crippen molar-refractivity contribution < 1.29 is 22.7 Å². The Labute approximate surface area is 215 Å². The fraction of sp³-hybridized carbons (Fsp3) is 0.217. The number of rotatable bonds is 5. The molecule has 5 rings (SSSR count). The van der Waals surface area contributed by atoms with E-state index in [-0.39, 0.29) is 17.3 Å². The van der Waals surface area contributed by atoms with E-state index >= 15 is 0 Å². The van der Waals surface area contributed by atoms with Gasteiger partial charge in [0, 0.05) is 28.2 Å². The van der Waals surface area contributed by atoms with Gasteiger partial charge in [0.15, 0.2) is 0 Å². The number of hydrogen-bond donors (Lipinski definition) is 1. The zero-order valence-corrected chi connectivity index (χ0v) is 21.3. The van der Waals surface area contributed by atoms with Gasteiger partial charge in [-0.25, -0.2) is 23.2 Å². The van der Waals surface area contributed by atoms with Crippen molar-refractivity contribution in [1.29, 1.82) is 0 Å². The van der Waals surface area contributed by atoms with E-state index in [2.05, 4.69) is 9.97 Å². The lowest BCUT2D eigenvalue weighted by Gasteiger charge is -2.38. The zero-order chi connectivity index (χ0) is 25.6. The van der Waals surface area contributed by atoms with Gasteiger partial charge in [-0.05, 0) is 41.3 Å². The molecular weight excluding hydrogens is 526 g/mol. The third-order valence-corrected chi connectivity index (χ3v) is 9.59. The minimum atomic E-state index is -4.05. The van der Waals surface area contributed by atoms with Crippen molar-refractivity contribution in [1.82, 2.24) is 19.2 Å². The zero-order valence-electron chi connectivity index (χ0n) is 18.9. The molecule has 186 valence electrons. The van der Waals surface area contributed by atoms with Crippen LogP contribution in [0.4, 0.5) is 5.82 Å². The van der Waals surface area contributed by atoms with E-state index in [1.165, 1.54) is 24.4 Å². The van der Waals surface area contributed by atoms with Crippen LogP contribution in [0.2, 0.25) is 5.02 Å². The van der Waals surface area contributed by atoms with Crippen LogP contribution in [0.5, 0.6) is 0 Å². The minimum absolute atomic E-state index is 0.0632. The highest BCUT2D eigenvalue weighted by atomic mass is 35.5. The van der Waals surface area contributed by atoms with Gasteiger partial charge < -0.3 is 15.4 Å². The fourth-order valence-electron chi connectivity index (χ4n) is 4.14. The van der Waals surface area contributed by atoms with E-state index < -0.39 is 34.5 Å². The van der Waals surface area contributed by atoms with Crippen molar-refractivity contribution in [2.75, 3.05) is 25.9 Å². The van der Waals surface area contributed by atoms with Gasteiger partial charge in [-0.1, -0.05) is 23.7 Å². The molecule has 2 N–H and O–H groups in total. The van der Waals surface area contributed by atoms with Gasteiger partial charge in [0.25, 0.3) is 10.0 Å². The Morgan fingerprint density at radius 3 is 2.81 bits per heavy atom. The van der Waals surface area contributed by atoms with Crippen molar-refractivity contribution in [2.24, 2.45) is 0 Å². The summed E-state index contributed by atoms with van der Waals surface area (Å²) in [7, 11) is -2.85. The summed E-state index contributed by atoms with van der Waals surface area (Å²) in [4.78, 5) is 35.4. The summed E-state index contributed by atoms with van der Waals surface area (Å²) in [5, 5.41) is 1.88. The molecule has 13 heteroatoms. The summed E-state index contributed by atoms with van der Waals surface area (Å²) < 4.78 is 33.6. The number of piperazine rings is 1. The van der Waals surface area contributed by atoms with Crippen molar-refractivity contribution in [3.63, 3.8) is 0 Å². The maximum atomic E-state index is 13.4. The van der Waals surface area contributed by atoms with Crippen LogP contribution in [0, 0.1) is 0 Å². The molecule has 0 aliphatic carbocycles. The second kappa shape index (κ2) is 9.28. The Hall–Kier alpha value is -3.32. The lowest BCUT2D eigenvalue weighted by molar-refractivity contribution is -0.157. The number of fused-ring (bicyclic) bond motifs is 2. The molecule has 1 aliphatic heterocycles. The van der Waals surface area contributed by atoms with Gasteiger partial charge in [-0.2, -0.15) is 4.31 Å². The lowest BCUT2D eigenvalue weighted by atomic mass is 10.1. The first-order valence-electron chi connectivity index (χ1n) is 10.7. The molecule has 2 aromatic heterocycles. The van der Waals surface area contributed by atoms with Crippen LogP contribution in [-0.4, -0.2) is 65.7 Å². The third kappa shape index (κ3) is 4.37. The molecule has 4 aromatic rings. The molecule has 2 aromatic carbocycles. The van der Waals surface area contributed by atoms with E-state index in [0.717, 1.165) is 21.0 Å². The normalized spacial score (nSPS) is 17.1. The van der Waals surface area contributed by atoms with Gasteiger partial charge in [-0.3, -0.25) is 4.79 Å². The van der Waals surface area contributed by atoms with Crippen LogP contribution in [0.1, 0.15) is 5.56 Å². The van der Waals surface area contributed by atoms with Gasteiger partial charge >= 0.3 is 5.97 Å². The number of hydrogen-bond acceptors (Lipinski definition) is 9. The van der Waals surface area contributed by atoms with Crippen LogP contribution in [0.3, 0.4) is 0 Å². The molecule has 0 spiro atoms. The highest BCUT2D eigenvalue weighted by Gasteiger charge is 2.42. The van der Waals surface area contributed by atoms with Crippen molar-refractivity contribution in [2.45, 2.75) is 16.8 Å². The Morgan fingerprint density at radius 1 is 1.22 bits per heavy atom. The monoisotopic (exact) mass is 545 g/mol. The molecule has 0 radical (unpaired) electrons. The topological polar surface area (TPSA) is 136 Å². The summed E-state index contributed by atoms with van der Waals surface area (Å²) >= 11 is 7.09. The first-order valence-corrected chi connectivity index (χ1v) is 13.4. The number of esters is 1. The third-order valence-electron chi connectivity index (χ3n) is 6.00. The number of nitrogens with zero attached hydrogens (tertiary/aromatic N) is 4. The largest absolute Gasteiger partial charge is 0.467 e.